The van der Waals surface area contributed by atoms with Crippen LogP contribution in [0.1, 0.15) is 31.2 Å². The van der Waals surface area contributed by atoms with Crippen LogP contribution in [-0.4, -0.2) is 26.8 Å². The highest BCUT2D eigenvalue weighted by atomic mass is 16.4. The quantitative estimate of drug-likeness (QED) is 0.823. The number of amides is 1. The van der Waals surface area contributed by atoms with Gasteiger partial charge in [-0.05, 0) is 12.5 Å². The number of aryl methyl sites for hydroxylation is 1. The number of aromatic nitrogens is 2. The van der Waals surface area contributed by atoms with Gasteiger partial charge < -0.3 is 10.4 Å². The van der Waals surface area contributed by atoms with Crippen LogP contribution < -0.4 is 5.32 Å². The van der Waals surface area contributed by atoms with E-state index >= 15 is 0 Å². The number of carboxylic acid groups (broad SMARTS) is 1. The number of hydrogen-bond acceptors (Lipinski definition) is 3. The van der Waals surface area contributed by atoms with E-state index in [2.05, 4.69) is 10.4 Å². The van der Waals surface area contributed by atoms with Crippen LogP contribution >= 0.6 is 0 Å². The van der Waals surface area contributed by atoms with Gasteiger partial charge in [0.1, 0.15) is 0 Å². The first-order valence-electron chi connectivity index (χ1n) is 7.18. The number of nitrogens with zero attached hydrogens (tertiary/aromatic N) is 2. The van der Waals surface area contributed by atoms with E-state index in [1.165, 1.54) is 0 Å². The Morgan fingerprint density at radius 1 is 1.23 bits per heavy atom. The number of benzene rings is 1. The molecular formula is C16H19N3O3. The molecule has 2 rings (SSSR count). The Morgan fingerprint density at radius 2 is 1.95 bits per heavy atom. The van der Waals surface area contributed by atoms with Crippen LogP contribution in [0.4, 0.5) is 5.82 Å². The SMILES string of the molecule is CCn1ccc(NC(=O)C[C@@H](CC(=O)O)c2ccccc2)n1. The van der Waals surface area contributed by atoms with Crippen molar-refractivity contribution in [2.45, 2.75) is 32.2 Å². The van der Waals surface area contributed by atoms with Crippen molar-refractivity contribution in [1.82, 2.24) is 9.78 Å². The van der Waals surface area contributed by atoms with Crippen LogP contribution in [0, 0.1) is 0 Å². The molecule has 22 heavy (non-hydrogen) atoms. The van der Waals surface area contributed by atoms with E-state index in [-0.39, 0.29) is 24.7 Å². The summed E-state index contributed by atoms with van der Waals surface area (Å²) in [5, 5.41) is 15.9. The molecule has 0 radical (unpaired) electrons. The van der Waals surface area contributed by atoms with Crippen LogP contribution in [0.2, 0.25) is 0 Å². The second-order valence-electron chi connectivity index (χ2n) is 5.01. The summed E-state index contributed by atoms with van der Waals surface area (Å²) in [6, 6.07) is 10.9. The lowest BCUT2D eigenvalue weighted by Gasteiger charge is -2.14. The lowest BCUT2D eigenvalue weighted by molar-refractivity contribution is -0.137. The molecule has 6 nitrogen and oxygen atoms in total. The van der Waals surface area contributed by atoms with Crippen LogP contribution in [0.25, 0.3) is 0 Å². The first kappa shape index (κ1) is 15.8. The number of aliphatic carboxylic acids is 1. The van der Waals surface area contributed by atoms with Crippen molar-refractivity contribution in [2.75, 3.05) is 5.32 Å². The van der Waals surface area contributed by atoms with Gasteiger partial charge in [-0.3, -0.25) is 14.3 Å². The lowest BCUT2D eigenvalue weighted by atomic mass is 9.92. The molecule has 0 bridgehead atoms. The molecule has 2 N–H and O–H groups in total. The third kappa shape index (κ3) is 4.44. The Morgan fingerprint density at radius 3 is 2.55 bits per heavy atom. The van der Waals surface area contributed by atoms with Crippen molar-refractivity contribution in [3.05, 3.63) is 48.2 Å². The zero-order chi connectivity index (χ0) is 15.9. The predicted octanol–water partition coefficient (Wildman–Crippen LogP) is 2.49. The molecule has 0 unspecified atom stereocenters. The van der Waals surface area contributed by atoms with Gasteiger partial charge in [-0.1, -0.05) is 30.3 Å². The highest BCUT2D eigenvalue weighted by Crippen LogP contribution is 2.24. The molecule has 2 aromatic rings. The summed E-state index contributed by atoms with van der Waals surface area (Å²) in [5.74, 6) is -1.03. The van der Waals surface area contributed by atoms with E-state index in [0.29, 0.717) is 5.82 Å². The summed E-state index contributed by atoms with van der Waals surface area (Å²) in [5.41, 5.74) is 0.846. The average Bonchev–Trinajstić information content (AvgIpc) is 2.94. The fraction of sp³-hybridized carbons (Fsp3) is 0.312. The average molecular weight is 301 g/mol. The smallest absolute Gasteiger partial charge is 0.303 e. The van der Waals surface area contributed by atoms with Crippen molar-refractivity contribution in [3.8, 4) is 0 Å². The summed E-state index contributed by atoms with van der Waals surface area (Å²) >= 11 is 0. The summed E-state index contributed by atoms with van der Waals surface area (Å²) in [6.45, 7) is 2.68. The van der Waals surface area contributed by atoms with E-state index in [4.69, 9.17) is 5.11 Å². The molecule has 0 fully saturated rings. The van der Waals surface area contributed by atoms with Crippen LogP contribution in [0.15, 0.2) is 42.6 Å². The third-order valence-electron chi connectivity index (χ3n) is 3.36. The maximum absolute atomic E-state index is 12.1. The van der Waals surface area contributed by atoms with Crippen molar-refractivity contribution >= 4 is 17.7 Å². The maximum Gasteiger partial charge on any atom is 0.303 e. The maximum atomic E-state index is 12.1. The largest absolute Gasteiger partial charge is 0.481 e. The van der Waals surface area contributed by atoms with Gasteiger partial charge in [0.2, 0.25) is 5.91 Å². The number of carboxylic acids is 1. The molecule has 0 aliphatic rings. The van der Waals surface area contributed by atoms with Crippen LogP contribution in [0.5, 0.6) is 0 Å². The Balaban J connectivity index is 2.03. The molecule has 1 aromatic heterocycles. The Hall–Kier alpha value is -2.63. The third-order valence-corrected chi connectivity index (χ3v) is 3.36. The van der Waals surface area contributed by atoms with Crippen molar-refractivity contribution in [1.29, 1.82) is 0 Å². The molecule has 0 saturated heterocycles. The minimum atomic E-state index is -0.920. The number of carbonyl (C=O) groups excluding carboxylic acids is 1. The van der Waals surface area contributed by atoms with Gasteiger partial charge in [-0.25, -0.2) is 0 Å². The van der Waals surface area contributed by atoms with E-state index in [1.807, 2.05) is 37.3 Å². The number of anilines is 1. The van der Waals surface area contributed by atoms with Gasteiger partial charge in [-0.15, -0.1) is 0 Å². The zero-order valence-electron chi connectivity index (χ0n) is 12.4. The van der Waals surface area contributed by atoms with Crippen LogP contribution in [0.3, 0.4) is 0 Å². The van der Waals surface area contributed by atoms with Gasteiger partial charge in [0.05, 0.1) is 6.42 Å². The first-order valence-corrected chi connectivity index (χ1v) is 7.18. The number of rotatable bonds is 7. The molecule has 0 aliphatic heterocycles. The molecule has 1 amide bonds. The minimum Gasteiger partial charge on any atom is -0.481 e. The van der Waals surface area contributed by atoms with Crippen LogP contribution in [-0.2, 0) is 16.1 Å². The molecule has 116 valence electrons. The molecule has 0 aliphatic carbocycles. The topological polar surface area (TPSA) is 84.2 Å². The Bertz CT molecular complexity index is 637. The highest BCUT2D eigenvalue weighted by molar-refractivity contribution is 5.90. The number of carbonyl (C=O) groups is 2. The van der Waals surface area contributed by atoms with E-state index < -0.39 is 5.97 Å². The fourth-order valence-electron chi connectivity index (χ4n) is 2.27. The highest BCUT2D eigenvalue weighted by Gasteiger charge is 2.19. The van der Waals surface area contributed by atoms with E-state index in [1.54, 1.807) is 16.9 Å². The van der Waals surface area contributed by atoms with E-state index in [0.717, 1.165) is 12.1 Å². The fourth-order valence-corrected chi connectivity index (χ4v) is 2.27. The van der Waals surface area contributed by atoms with Crippen molar-refractivity contribution in [3.63, 3.8) is 0 Å². The summed E-state index contributed by atoms with van der Waals surface area (Å²) in [6.07, 6.45) is 1.80. The molecule has 1 heterocycles. The summed E-state index contributed by atoms with van der Waals surface area (Å²) in [4.78, 5) is 23.1. The zero-order valence-corrected chi connectivity index (χ0v) is 12.4. The van der Waals surface area contributed by atoms with Crippen molar-refractivity contribution in [2.24, 2.45) is 0 Å². The van der Waals surface area contributed by atoms with Crippen molar-refractivity contribution < 1.29 is 14.7 Å². The molecular weight excluding hydrogens is 282 g/mol. The minimum absolute atomic E-state index is 0.0825. The molecule has 6 heteroatoms. The molecule has 0 spiro atoms. The first-order chi connectivity index (χ1) is 10.6. The Labute approximate surface area is 128 Å². The van der Waals surface area contributed by atoms with Gasteiger partial charge in [0, 0.05) is 31.1 Å². The summed E-state index contributed by atoms with van der Waals surface area (Å²) < 4.78 is 1.71. The monoisotopic (exact) mass is 301 g/mol. The second kappa shape index (κ2) is 7.40. The van der Waals surface area contributed by atoms with Gasteiger partial charge >= 0.3 is 5.97 Å². The summed E-state index contributed by atoms with van der Waals surface area (Å²) in [7, 11) is 0. The normalized spacial score (nSPS) is 11.9. The second-order valence-corrected chi connectivity index (χ2v) is 5.01. The standard InChI is InChI=1S/C16H19N3O3/c1-2-19-9-8-14(18-19)17-15(20)10-13(11-16(21)22)12-6-4-3-5-7-12/h3-9,13H,2,10-11H2,1H3,(H,21,22)(H,17,18,20)/t13-/m0/s1. The number of hydrogen-bond donors (Lipinski definition) is 2. The van der Waals surface area contributed by atoms with Gasteiger partial charge in [0.15, 0.2) is 5.82 Å². The van der Waals surface area contributed by atoms with E-state index in [9.17, 15) is 9.59 Å². The molecule has 0 saturated carbocycles. The predicted molar refractivity (Wildman–Crippen MR) is 82.6 cm³/mol. The number of nitrogens with one attached hydrogen (secondary N) is 1. The van der Waals surface area contributed by atoms with Gasteiger partial charge in [0.25, 0.3) is 0 Å². The Kier molecular flexibility index (Phi) is 5.30. The van der Waals surface area contributed by atoms with Gasteiger partial charge in [-0.2, -0.15) is 5.10 Å². The molecule has 1 atom stereocenters. The molecule has 1 aromatic carbocycles. The lowest BCUT2D eigenvalue weighted by Crippen LogP contribution is -2.18.